The van der Waals surface area contributed by atoms with Crippen LogP contribution in [0.4, 0.5) is 0 Å². The summed E-state index contributed by atoms with van der Waals surface area (Å²) >= 11 is 6.26. The van der Waals surface area contributed by atoms with E-state index in [1.165, 1.54) is 11.8 Å². The maximum Gasteiger partial charge on any atom is 0.266 e. The molecule has 34 heavy (non-hydrogen) atoms. The molecule has 0 spiro atoms. The molecule has 2 heterocycles. The largest absolute Gasteiger partial charge is 0.486 e. The van der Waals surface area contributed by atoms with Gasteiger partial charge in [0, 0.05) is 0 Å². The summed E-state index contributed by atoms with van der Waals surface area (Å²) in [4.78, 5) is 30.5. The number of nitrogens with zero attached hydrogens (tertiary/aromatic N) is 2. The van der Waals surface area contributed by atoms with Crippen LogP contribution in [0.1, 0.15) is 17.0 Å². The van der Waals surface area contributed by atoms with Crippen molar-refractivity contribution in [2.45, 2.75) is 13.5 Å². The number of fused-ring (bicyclic) bond motifs is 1. The van der Waals surface area contributed by atoms with Crippen molar-refractivity contribution < 1.29 is 9.53 Å². The van der Waals surface area contributed by atoms with Crippen LogP contribution in [0.25, 0.3) is 22.7 Å². The minimum Gasteiger partial charge on any atom is -0.486 e. The van der Waals surface area contributed by atoms with Crippen LogP contribution in [0.15, 0.2) is 82.5 Å². The highest BCUT2D eigenvalue weighted by atomic mass is 32.2. The van der Waals surface area contributed by atoms with Gasteiger partial charge < -0.3 is 10.1 Å². The van der Waals surface area contributed by atoms with Crippen LogP contribution >= 0.6 is 24.0 Å². The zero-order valence-corrected chi connectivity index (χ0v) is 19.8. The van der Waals surface area contributed by atoms with Gasteiger partial charge in [0.1, 0.15) is 16.7 Å². The van der Waals surface area contributed by atoms with Gasteiger partial charge >= 0.3 is 0 Å². The van der Waals surface area contributed by atoms with E-state index in [1.54, 1.807) is 16.7 Å². The summed E-state index contributed by atoms with van der Waals surface area (Å²) in [7, 11) is 0. The van der Waals surface area contributed by atoms with Gasteiger partial charge in [-0.1, -0.05) is 65.9 Å². The maximum atomic E-state index is 13.3. The van der Waals surface area contributed by atoms with Crippen molar-refractivity contribution in [2.24, 2.45) is 0 Å². The summed E-state index contributed by atoms with van der Waals surface area (Å²) < 4.78 is 8.05. The van der Waals surface area contributed by atoms with Crippen LogP contribution < -0.4 is 15.6 Å². The van der Waals surface area contributed by atoms with Crippen molar-refractivity contribution in [2.75, 3.05) is 0 Å². The summed E-state index contributed by atoms with van der Waals surface area (Å²) in [5.74, 6) is 0.942. The second-order valence-corrected chi connectivity index (χ2v) is 9.45. The van der Waals surface area contributed by atoms with Crippen LogP contribution in [0.2, 0.25) is 0 Å². The molecule has 0 radical (unpaired) electrons. The van der Waals surface area contributed by atoms with E-state index in [1.807, 2.05) is 73.7 Å². The number of thioether (sulfide) groups is 1. The number of hydrogen-bond donors (Lipinski definition) is 1. The Morgan fingerprint density at radius 3 is 2.47 bits per heavy atom. The lowest BCUT2D eigenvalue weighted by Crippen LogP contribution is -2.25. The fraction of sp³-hybridized carbons (Fsp3) is 0.0769. The average molecular weight is 486 g/mol. The number of carbonyl (C=O) groups is 1. The molecule has 1 N–H and O–H groups in total. The molecule has 0 saturated carbocycles. The molecule has 1 saturated heterocycles. The van der Waals surface area contributed by atoms with Crippen LogP contribution in [-0.4, -0.2) is 19.8 Å². The van der Waals surface area contributed by atoms with Gasteiger partial charge in [-0.2, -0.15) is 0 Å². The first-order valence-corrected chi connectivity index (χ1v) is 11.8. The van der Waals surface area contributed by atoms with E-state index in [2.05, 4.69) is 5.32 Å². The highest BCUT2D eigenvalue weighted by Gasteiger charge is 2.21. The van der Waals surface area contributed by atoms with Crippen LogP contribution in [0, 0.1) is 6.92 Å². The molecule has 1 aliphatic heterocycles. The number of aromatic nitrogens is 2. The molecular weight excluding hydrogens is 466 g/mol. The van der Waals surface area contributed by atoms with Gasteiger partial charge in [0.05, 0.1) is 21.5 Å². The van der Waals surface area contributed by atoms with E-state index in [9.17, 15) is 9.59 Å². The van der Waals surface area contributed by atoms with Gasteiger partial charge in [-0.25, -0.2) is 4.98 Å². The zero-order valence-electron chi connectivity index (χ0n) is 18.1. The number of thiocarbonyl (C=S) groups is 1. The third kappa shape index (κ3) is 4.50. The van der Waals surface area contributed by atoms with E-state index >= 15 is 0 Å². The number of nitrogens with one attached hydrogen (secondary N) is 1. The molecule has 3 aromatic carbocycles. The molecule has 4 aromatic rings. The van der Waals surface area contributed by atoms with E-state index in [4.69, 9.17) is 21.9 Å². The molecule has 1 aromatic heterocycles. The lowest BCUT2D eigenvalue weighted by Gasteiger charge is -2.15. The van der Waals surface area contributed by atoms with Gasteiger partial charge in [0.15, 0.2) is 5.82 Å². The topological polar surface area (TPSA) is 73.2 Å². The normalized spacial score (nSPS) is 14.6. The first-order chi connectivity index (χ1) is 16.5. The molecule has 0 aliphatic carbocycles. The SMILES string of the molecule is Cc1ccc(-n2c(COc3ccc(C=C4SC(=S)NC4=O)cc3)nc3ccccc3c2=O)cc1. The smallest absolute Gasteiger partial charge is 0.266 e. The van der Waals surface area contributed by atoms with Crippen molar-refractivity contribution in [1.29, 1.82) is 0 Å². The van der Waals surface area contributed by atoms with Crippen molar-refractivity contribution in [3.05, 3.63) is 105 Å². The number of carbonyl (C=O) groups excluding carboxylic acids is 1. The summed E-state index contributed by atoms with van der Waals surface area (Å²) in [6.45, 7) is 2.11. The van der Waals surface area contributed by atoms with Crippen molar-refractivity contribution in [1.82, 2.24) is 14.9 Å². The molecule has 5 rings (SSSR count). The van der Waals surface area contributed by atoms with Gasteiger partial charge in [-0.05, 0) is 55.0 Å². The number of benzene rings is 3. The number of hydrogen-bond acceptors (Lipinski definition) is 6. The average Bonchev–Trinajstić information content (AvgIpc) is 3.16. The lowest BCUT2D eigenvalue weighted by atomic mass is 10.2. The van der Waals surface area contributed by atoms with Crippen molar-refractivity contribution >= 4 is 51.2 Å². The first kappa shape index (κ1) is 22.1. The van der Waals surface area contributed by atoms with Crippen LogP contribution in [0.5, 0.6) is 5.75 Å². The van der Waals surface area contributed by atoms with Crippen LogP contribution in [0.3, 0.4) is 0 Å². The molecule has 1 aliphatic rings. The molecule has 1 fully saturated rings. The maximum absolute atomic E-state index is 13.3. The van der Waals surface area contributed by atoms with E-state index in [-0.39, 0.29) is 18.1 Å². The predicted molar refractivity (Wildman–Crippen MR) is 139 cm³/mol. The van der Waals surface area contributed by atoms with Gasteiger partial charge in [0.2, 0.25) is 0 Å². The molecule has 8 heteroatoms. The highest BCUT2D eigenvalue weighted by molar-refractivity contribution is 8.26. The quantitative estimate of drug-likeness (QED) is 0.325. The van der Waals surface area contributed by atoms with Gasteiger partial charge in [-0.3, -0.25) is 14.2 Å². The Morgan fingerprint density at radius 2 is 1.76 bits per heavy atom. The molecule has 0 bridgehead atoms. The molecule has 1 amide bonds. The first-order valence-electron chi connectivity index (χ1n) is 10.5. The molecular formula is C26H19N3O3S2. The second-order valence-electron chi connectivity index (χ2n) is 7.73. The Labute approximate surface area is 205 Å². The fourth-order valence-corrected chi connectivity index (χ4v) is 4.66. The Kier molecular flexibility index (Phi) is 6.00. The minimum absolute atomic E-state index is 0.112. The number of para-hydroxylation sites is 1. The number of aryl methyl sites for hydroxylation is 1. The third-order valence-electron chi connectivity index (χ3n) is 5.33. The summed E-state index contributed by atoms with van der Waals surface area (Å²) in [5.41, 5.74) is 3.19. The second kappa shape index (κ2) is 9.24. The van der Waals surface area contributed by atoms with E-state index in [0.29, 0.717) is 31.7 Å². The highest BCUT2D eigenvalue weighted by Crippen LogP contribution is 2.26. The Balaban J connectivity index is 1.44. The third-order valence-corrected chi connectivity index (χ3v) is 6.49. The zero-order chi connectivity index (χ0) is 23.7. The monoisotopic (exact) mass is 485 g/mol. The Bertz CT molecular complexity index is 1510. The molecule has 0 atom stereocenters. The fourth-order valence-electron chi connectivity index (χ4n) is 3.62. The Morgan fingerprint density at radius 1 is 1.03 bits per heavy atom. The van der Waals surface area contributed by atoms with Crippen LogP contribution in [-0.2, 0) is 11.4 Å². The summed E-state index contributed by atoms with van der Waals surface area (Å²) in [6, 6.07) is 22.4. The number of amides is 1. The molecule has 6 nitrogen and oxygen atoms in total. The standard InChI is InChI=1S/C26H19N3O3S2/c1-16-6-10-18(11-7-16)29-23(27-21-5-3-2-4-20(21)25(29)31)15-32-19-12-8-17(9-13-19)14-22-24(30)28-26(33)34-22/h2-14H,15H2,1H3,(H,28,30,33). The minimum atomic E-state index is -0.188. The van der Waals surface area contributed by atoms with Crippen molar-refractivity contribution in [3.63, 3.8) is 0 Å². The lowest BCUT2D eigenvalue weighted by molar-refractivity contribution is -0.115. The predicted octanol–water partition coefficient (Wildman–Crippen LogP) is 4.76. The number of rotatable bonds is 5. The molecule has 168 valence electrons. The Hall–Kier alpha value is -3.75. The van der Waals surface area contributed by atoms with Gasteiger partial charge in [0.25, 0.3) is 11.5 Å². The van der Waals surface area contributed by atoms with E-state index < -0.39 is 0 Å². The number of ether oxygens (including phenoxy) is 1. The van der Waals surface area contributed by atoms with Crippen molar-refractivity contribution in [3.8, 4) is 11.4 Å². The molecule has 0 unspecified atom stereocenters. The van der Waals surface area contributed by atoms with E-state index in [0.717, 1.165) is 16.8 Å². The van der Waals surface area contributed by atoms with Gasteiger partial charge in [-0.15, -0.1) is 0 Å². The summed E-state index contributed by atoms with van der Waals surface area (Å²) in [5, 5.41) is 3.16. The summed E-state index contributed by atoms with van der Waals surface area (Å²) in [6.07, 6.45) is 1.78.